The van der Waals surface area contributed by atoms with Gasteiger partial charge in [0.2, 0.25) is 5.91 Å². The van der Waals surface area contributed by atoms with Gasteiger partial charge in [-0.05, 0) is 50.6 Å². The number of ether oxygens (including phenoxy) is 3. The number of carbonyl (C=O) groups excluding carboxylic acids is 2. The predicted molar refractivity (Wildman–Crippen MR) is 104 cm³/mol. The summed E-state index contributed by atoms with van der Waals surface area (Å²) in [7, 11) is 2.87. The van der Waals surface area contributed by atoms with Crippen molar-refractivity contribution in [3.05, 3.63) is 53.0 Å². The first kappa shape index (κ1) is 21.1. The van der Waals surface area contributed by atoms with Gasteiger partial charge < -0.3 is 23.9 Å². The van der Waals surface area contributed by atoms with Crippen LogP contribution >= 0.6 is 0 Å². The van der Waals surface area contributed by atoms with Crippen LogP contribution in [-0.4, -0.2) is 32.2 Å². The standard InChI is InChI=1S/C21H25NO6/c1-13(2)27-18-8-6-15(10-19(18)25-4)7-9-20(23)22-12-16-11-17(14(3)28-16)21(24)26-5/h6-11,13H,12H2,1-5H3,(H,22,23). The van der Waals surface area contributed by atoms with Gasteiger partial charge in [-0.1, -0.05) is 6.07 Å². The van der Waals surface area contributed by atoms with Gasteiger partial charge in [0.05, 0.1) is 26.9 Å². The third-order valence-corrected chi connectivity index (χ3v) is 3.79. The Balaban J connectivity index is 1.97. The van der Waals surface area contributed by atoms with Crippen molar-refractivity contribution in [2.24, 2.45) is 0 Å². The van der Waals surface area contributed by atoms with Crippen LogP contribution in [-0.2, 0) is 16.1 Å². The van der Waals surface area contributed by atoms with Crippen molar-refractivity contribution in [1.29, 1.82) is 0 Å². The average molecular weight is 387 g/mol. The maximum absolute atomic E-state index is 12.1. The summed E-state index contributed by atoms with van der Waals surface area (Å²) in [5, 5.41) is 2.71. The van der Waals surface area contributed by atoms with Gasteiger partial charge >= 0.3 is 5.97 Å². The minimum atomic E-state index is -0.474. The average Bonchev–Trinajstić information content (AvgIpc) is 3.05. The van der Waals surface area contributed by atoms with E-state index in [1.165, 1.54) is 13.2 Å². The Hall–Kier alpha value is -3.22. The highest BCUT2D eigenvalue weighted by Gasteiger charge is 2.15. The summed E-state index contributed by atoms with van der Waals surface area (Å²) < 4.78 is 21.1. The third kappa shape index (κ3) is 5.64. The fourth-order valence-electron chi connectivity index (χ4n) is 2.49. The van der Waals surface area contributed by atoms with E-state index in [-0.39, 0.29) is 18.6 Å². The number of hydrogen-bond acceptors (Lipinski definition) is 6. The van der Waals surface area contributed by atoms with Crippen LogP contribution in [0.3, 0.4) is 0 Å². The number of esters is 1. The van der Waals surface area contributed by atoms with Crippen molar-refractivity contribution in [2.75, 3.05) is 14.2 Å². The number of rotatable bonds is 8. The Morgan fingerprint density at radius 1 is 1.18 bits per heavy atom. The summed E-state index contributed by atoms with van der Waals surface area (Å²) in [4.78, 5) is 23.6. The van der Waals surface area contributed by atoms with Crippen LogP contribution in [0.1, 0.15) is 41.3 Å². The quantitative estimate of drug-likeness (QED) is 0.551. The molecule has 0 aliphatic carbocycles. The van der Waals surface area contributed by atoms with Crippen LogP contribution in [0.5, 0.6) is 11.5 Å². The Labute approximate surface area is 164 Å². The molecule has 1 N–H and O–H groups in total. The zero-order valence-electron chi connectivity index (χ0n) is 16.7. The topological polar surface area (TPSA) is 87.0 Å². The highest BCUT2D eigenvalue weighted by molar-refractivity contribution is 5.92. The van der Waals surface area contributed by atoms with Crippen molar-refractivity contribution in [1.82, 2.24) is 5.32 Å². The first-order valence-corrected chi connectivity index (χ1v) is 8.82. The molecule has 0 aliphatic rings. The van der Waals surface area contributed by atoms with Crippen LogP contribution in [0.15, 0.2) is 34.8 Å². The van der Waals surface area contributed by atoms with Crippen LogP contribution in [0.2, 0.25) is 0 Å². The molecular formula is C21H25NO6. The summed E-state index contributed by atoms with van der Waals surface area (Å²) in [5.41, 5.74) is 1.14. The van der Waals surface area contributed by atoms with E-state index >= 15 is 0 Å². The SMILES string of the molecule is COC(=O)c1cc(CNC(=O)C=Cc2ccc(OC(C)C)c(OC)c2)oc1C. The van der Waals surface area contributed by atoms with E-state index in [0.717, 1.165) is 5.56 Å². The number of benzene rings is 1. The summed E-state index contributed by atoms with van der Waals surface area (Å²) in [5.74, 6) is 1.39. The molecule has 0 unspecified atom stereocenters. The smallest absolute Gasteiger partial charge is 0.341 e. The van der Waals surface area contributed by atoms with Gasteiger partial charge in [0, 0.05) is 6.08 Å². The molecule has 0 aliphatic heterocycles. The van der Waals surface area contributed by atoms with Crippen molar-refractivity contribution < 1.29 is 28.2 Å². The predicted octanol–water partition coefficient (Wildman–Crippen LogP) is 3.50. The molecule has 1 heterocycles. The lowest BCUT2D eigenvalue weighted by molar-refractivity contribution is -0.116. The molecule has 0 atom stereocenters. The van der Waals surface area contributed by atoms with Crippen molar-refractivity contribution >= 4 is 18.0 Å². The molecule has 0 bridgehead atoms. The van der Waals surface area contributed by atoms with Gasteiger partial charge in [0.15, 0.2) is 11.5 Å². The molecule has 0 saturated carbocycles. The van der Waals surface area contributed by atoms with Gasteiger partial charge in [-0.2, -0.15) is 0 Å². The molecular weight excluding hydrogens is 362 g/mol. The molecule has 0 fully saturated rings. The second-order valence-electron chi connectivity index (χ2n) is 6.30. The summed E-state index contributed by atoms with van der Waals surface area (Å²) in [6.07, 6.45) is 3.12. The van der Waals surface area contributed by atoms with Crippen molar-refractivity contribution in [3.63, 3.8) is 0 Å². The number of hydrogen-bond donors (Lipinski definition) is 1. The molecule has 1 aromatic heterocycles. The highest BCUT2D eigenvalue weighted by atomic mass is 16.5. The molecule has 150 valence electrons. The molecule has 0 radical (unpaired) electrons. The monoisotopic (exact) mass is 387 g/mol. The number of carbonyl (C=O) groups is 2. The van der Waals surface area contributed by atoms with Gasteiger partial charge in [-0.15, -0.1) is 0 Å². The van der Waals surface area contributed by atoms with Gasteiger partial charge in [0.1, 0.15) is 17.1 Å². The summed E-state index contributed by atoms with van der Waals surface area (Å²) in [6.45, 7) is 5.70. The Morgan fingerprint density at radius 3 is 2.57 bits per heavy atom. The van der Waals surface area contributed by atoms with Gasteiger partial charge in [-0.3, -0.25) is 4.79 Å². The molecule has 1 aromatic carbocycles. The lowest BCUT2D eigenvalue weighted by Crippen LogP contribution is -2.19. The lowest BCUT2D eigenvalue weighted by atomic mass is 10.2. The van der Waals surface area contributed by atoms with Crippen LogP contribution in [0, 0.1) is 6.92 Å². The van der Waals surface area contributed by atoms with E-state index < -0.39 is 5.97 Å². The molecule has 0 saturated heterocycles. The Morgan fingerprint density at radius 2 is 1.93 bits per heavy atom. The van der Waals surface area contributed by atoms with Crippen molar-refractivity contribution in [2.45, 2.75) is 33.4 Å². The minimum absolute atomic E-state index is 0.0333. The first-order chi connectivity index (χ1) is 13.3. The number of aryl methyl sites for hydroxylation is 1. The van der Waals surface area contributed by atoms with E-state index in [2.05, 4.69) is 10.1 Å². The molecule has 1 amide bonds. The third-order valence-electron chi connectivity index (χ3n) is 3.79. The van der Waals surface area contributed by atoms with Crippen LogP contribution < -0.4 is 14.8 Å². The maximum atomic E-state index is 12.1. The summed E-state index contributed by atoms with van der Waals surface area (Å²) >= 11 is 0. The number of amides is 1. The zero-order valence-corrected chi connectivity index (χ0v) is 16.7. The second-order valence-corrected chi connectivity index (χ2v) is 6.30. The maximum Gasteiger partial charge on any atom is 0.341 e. The van der Waals surface area contributed by atoms with E-state index in [1.54, 1.807) is 38.3 Å². The number of furan rings is 1. The highest BCUT2D eigenvalue weighted by Crippen LogP contribution is 2.29. The van der Waals surface area contributed by atoms with E-state index in [9.17, 15) is 9.59 Å². The molecule has 0 spiro atoms. The number of nitrogens with one attached hydrogen (secondary N) is 1. The fraction of sp³-hybridized carbons (Fsp3) is 0.333. The van der Waals surface area contributed by atoms with Gasteiger partial charge in [0.25, 0.3) is 0 Å². The molecule has 28 heavy (non-hydrogen) atoms. The van der Waals surface area contributed by atoms with E-state index in [0.29, 0.717) is 28.6 Å². The van der Waals surface area contributed by atoms with E-state index in [4.69, 9.17) is 13.9 Å². The Kier molecular flexibility index (Phi) is 7.26. The largest absolute Gasteiger partial charge is 0.493 e. The normalized spacial score (nSPS) is 10.9. The van der Waals surface area contributed by atoms with Gasteiger partial charge in [-0.25, -0.2) is 4.79 Å². The van der Waals surface area contributed by atoms with E-state index in [1.807, 2.05) is 19.9 Å². The first-order valence-electron chi connectivity index (χ1n) is 8.82. The number of methoxy groups -OCH3 is 2. The fourth-order valence-corrected chi connectivity index (χ4v) is 2.49. The molecule has 2 aromatic rings. The summed E-state index contributed by atoms with van der Waals surface area (Å²) in [6, 6.07) is 6.99. The Bertz CT molecular complexity index is 866. The molecule has 7 heteroatoms. The van der Waals surface area contributed by atoms with Crippen LogP contribution in [0.25, 0.3) is 6.08 Å². The molecule has 7 nitrogen and oxygen atoms in total. The molecule has 2 rings (SSSR count). The van der Waals surface area contributed by atoms with Crippen LogP contribution in [0.4, 0.5) is 0 Å². The lowest BCUT2D eigenvalue weighted by Gasteiger charge is -2.13. The second kappa shape index (κ2) is 9.64. The minimum Gasteiger partial charge on any atom is -0.493 e. The zero-order chi connectivity index (χ0) is 20.7. The van der Waals surface area contributed by atoms with Crippen molar-refractivity contribution in [3.8, 4) is 11.5 Å².